The molecule has 1 aliphatic heterocycles. The van der Waals surface area contributed by atoms with Gasteiger partial charge in [0, 0.05) is 24.3 Å². The van der Waals surface area contributed by atoms with E-state index in [2.05, 4.69) is 17.0 Å². The Hall–Kier alpha value is -2.55. The van der Waals surface area contributed by atoms with Crippen molar-refractivity contribution in [2.24, 2.45) is 5.73 Å². The highest BCUT2D eigenvalue weighted by molar-refractivity contribution is 5.99. The molecule has 2 heterocycles. The molecule has 3 N–H and O–H groups in total. The highest BCUT2D eigenvalue weighted by Crippen LogP contribution is 2.33. The monoisotopic (exact) mass is 341 g/mol. The Morgan fingerprint density at radius 2 is 2.25 bits per heavy atom. The number of primary amides is 1. The molecule has 0 spiro atoms. The molecule has 1 aromatic heterocycles. The number of allylic oxidation sites excluding steroid dienone is 5. The lowest BCUT2D eigenvalue weighted by molar-refractivity contribution is -0.802. The molecule has 1 aromatic rings. The summed E-state index contributed by atoms with van der Waals surface area (Å²) in [4.78, 5) is 11.8. The number of fused-ring (bicyclic) bond motifs is 1. The van der Waals surface area contributed by atoms with Crippen LogP contribution in [-0.2, 0) is 6.54 Å². The van der Waals surface area contributed by atoms with Gasteiger partial charge in [-0.25, -0.2) is 0 Å². The third-order valence-corrected chi connectivity index (χ3v) is 3.88. The van der Waals surface area contributed by atoms with Crippen molar-refractivity contribution < 1.29 is 27.0 Å². The first-order chi connectivity index (χ1) is 11.2. The van der Waals surface area contributed by atoms with E-state index in [1.807, 2.05) is 0 Å². The summed E-state index contributed by atoms with van der Waals surface area (Å²) in [6.07, 6.45) is -1.37. The third kappa shape index (κ3) is 2.60. The van der Waals surface area contributed by atoms with Gasteiger partial charge in [-0.3, -0.25) is 0 Å². The molecule has 24 heavy (non-hydrogen) atoms. The maximum atomic E-state index is 13.4. The predicted molar refractivity (Wildman–Crippen MR) is 75.9 cm³/mol. The summed E-state index contributed by atoms with van der Waals surface area (Å²) < 4.78 is 53.8. The van der Waals surface area contributed by atoms with Crippen LogP contribution < -0.4 is 15.7 Å². The van der Waals surface area contributed by atoms with E-state index in [0.29, 0.717) is 0 Å². The molecule has 0 bridgehead atoms. The summed E-state index contributed by atoms with van der Waals surface area (Å²) in [7, 11) is 0. The number of hydrogen-bond donors (Lipinski definition) is 2. The zero-order valence-corrected chi connectivity index (χ0v) is 12.3. The average Bonchev–Trinajstić information content (AvgIpc) is 2.88. The van der Waals surface area contributed by atoms with E-state index in [-0.39, 0.29) is 41.2 Å². The zero-order chi connectivity index (χ0) is 17.6. The van der Waals surface area contributed by atoms with Crippen LogP contribution in [0.2, 0.25) is 0 Å². The molecule has 0 aromatic carbocycles. The van der Waals surface area contributed by atoms with Crippen molar-refractivity contribution in [3.05, 3.63) is 53.5 Å². The standard InChI is InChI=1S/C15H12F4N4O/c1-7-4-8(2-3-9(7)16)13-12(14(20)24)10-5-21-6-11(15(17,18)19)23(10)22-13/h2-4,11,21H,1,5-6H2,(H-,20,24)/p+1. The lowest BCUT2D eigenvalue weighted by Gasteiger charge is -2.21. The van der Waals surface area contributed by atoms with E-state index in [0.717, 1.165) is 10.8 Å². The van der Waals surface area contributed by atoms with Crippen molar-refractivity contribution in [1.82, 2.24) is 10.4 Å². The van der Waals surface area contributed by atoms with E-state index in [1.165, 1.54) is 12.2 Å². The molecular weight excluding hydrogens is 328 g/mol. The Bertz CT molecular complexity index is 775. The fourth-order valence-corrected chi connectivity index (χ4v) is 2.75. The Labute approximate surface area is 134 Å². The molecule has 1 aliphatic carbocycles. The number of alkyl halides is 3. The van der Waals surface area contributed by atoms with Gasteiger partial charge < -0.3 is 15.8 Å². The second kappa shape index (κ2) is 5.52. The summed E-state index contributed by atoms with van der Waals surface area (Å²) in [5, 5.41) is 6.58. The van der Waals surface area contributed by atoms with Crippen molar-refractivity contribution >= 4 is 11.5 Å². The Balaban J connectivity index is 2.17. The summed E-state index contributed by atoms with van der Waals surface area (Å²) in [6.45, 7) is 3.16. The second-order valence-electron chi connectivity index (χ2n) is 5.47. The Kier molecular flexibility index (Phi) is 3.75. The molecule has 1 unspecified atom stereocenters. The number of nitrogens with zero attached hydrogens (tertiary/aromatic N) is 2. The van der Waals surface area contributed by atoms with Gasteiger partial charge in [-0.15, -0.1) is 9.07 Å². The first kappa shape index (κ1) is 16.3. The van der Waals surface area contributed by atoms with Gasteiger partial charge in [-0.1, -0.05) is 5.10 Å². The molecule has 0 saturated carbocycles. The lowest BCUT2D eigenvalue weighted by atomic mass is 9.96. The zero-order valence-electron chi connectivity index (χ0n) is 12.3. The van der Waals surface area contributed by atoms with Crippen molar-refractivity contribution in [2.75, 3.05) is 6.54 Å². The molecule has 5 nitrogen and oxygen atoms in total. The van der Waals surface area contributed by atoms with Gasteiger partial charge in [0.05, 0.1) is 18.3 Å². The number of carbonyl (C=O) groups is 1. The number of nitrogens with two attached hydrogens (primary N) is 1. The second-order valence-corrected chi connectivity index (χ2v) is 5.47. The van der Waals surface area contributed by atoms with Gasteiger partial charge in [0.25, 0.3) is 6.04 Å². The van der Waals surface area contributed by atoms with Crippen molar-refractivity contribution in [3.8, 4) is 0 Å². The van der Waals surface area contributed by atoms with Crippen LogP contribution in [0.4, 0.5) is 17.6 Å². The smallest absolute Gasteiger partial charge is 0.417 e. The van der Waals surface area contributed by atoms with Crippen LogP contribution in [0.5, 0.6) is 0 Å². The van der Waals surface area contributed by atoms with Crippen LogP contribution in [0.15, 0.2) is 30.4 Å². The summed E-state index contributed by atoms with van der Waals surface area (Å²) in [6, 6.07) is -1.91. The minimum absolute atomic E-state index is 0.0136. The maximum absolute atomic E-state index is 13.4. The molecule has 1 atom stereocenters. The van der Waals surface area contributed by atoms with Crippen LogP contribution >= 0.6 is 0 Å². The van der Waals surface area contributed by atoms with Gasteiger partial charge in [0.2, 0.25) is 6.17 Å². The van der Waals surface area contributed by atoms with E-state index < -0.39 is 24.3 Å². The summed E-state index contributed by atoms with van der Waals surface area (Å²) in [5.41, 5.74) is 5.60. The molecular formula is C15H13F4N4O+. The lowest BCUT2D eigenvalue weighted by Crippen LogP contribution is -2.59. The Morgan fingerprint density at radius 1 is 1.54 bits per heavy atom. The van der Waals surface area contributed by atoms with Crippen molar-refractivity contribution in [1.29, 1.82) is 0 Å². The molecule has 3 rings (SSSR count). The maximum Gasteiger partial charge on any atom is 0.454 e. The van der Waals surface area contributed by atoms with Gasteiger partial charge >= 0.3 is 6.18 Å². The highest BCUT2D eigenvalue weighted by Gasteiger charge is 2.51. The number of aromatic nitrogens is 2. The van der Waals surface area contributed by atoms with Crippen molar-refractivity contribution in [2.45, 2.75) is 18.8 Å². The number of hydrogen-bond acceptors (Lipinski definition) is 3. The van der Waals surface area contributed by atoms with E-state index >= 15 is 0 Å². The molecule has 126 valence electrons. The van der Waals surface area contributed by atoms with E-state index in [4.69, 9.17) is 5.73 Å². The number of rotatable bonds is 2. The fourth-order valence-electron chi connectivity index (χ4n) is 2.75. The van der Waals surface area contributed by atoms with E-state index in [1.54, 1.807) is 0 Å². The molecule has 2 aliphatic rings. The number of amides is 1. The van der Waals surface area contributed by atoms with Gasteiger partial charge in [0.1, 0.15) is 17.2 Å². The largest absolute Gasteiger partial charge is 0.454 e. The first-order valence-electron chi connectivity index (χ1n) is 7.00. The van der Waals surface area contributed by atoms with Crippen LogP contribution in [-0.4, -0.2) is 23.7 Å². The SMILES string of the molecule is C=C1C=C(c2n[n+]3[c-](c2C(N)=O)CNCC3C(F)(F)F)C=C[C+]1F. The quantitative estimate of drug-likeness (QED) is 0.485. The minimum atomic E-state index is -4.54. The van der Waals surface area contributed by atoms with Gasteiger partial charge in [0.15, 0.2) is 0 Å². The number of halogens is 4. The van der Waals surface area contributed by atoms with Gasteiger partial charge in [-0.05, 0) is 12.1 Å². The molecule has 1 amide bonds. The van der Waals surface area contributed by atoms with Crippen LogP contribution in [0.3, 0.4) is 0 Å². The van der Waals surface area contributed by atoms with E-state index in [9.17, 15) is 22.4 Å². The normalized spacial score (nSPS) is 20.8. The van der Waals surface area contributed by atoms with Crippen LogP contribution in [0.1, 0.15) is 27.8 Å². The third-order valence-electron chi connectivity index (χ3n) is 3.88. The Morgan fingerprint density at radius 3 is 2.83 bits per heavy atom. The number of carbonyl (C=O) groups excluding carboxylic acids is 1. The fraction of sp³-hybridized carbons (Fsp3) is 0.267. The van der Waals surface area contributed by atoms with Crippen LogP contribution in [0.25, 0.3) is 5.57 Å². The molecule has 0 radical (unpaired) electrons. The minimum Gasteiger partial charge on any atom is -0.417 e. The average molecular weight is 341 g/mol. The molecule has 0 saturated heterocycles. The predicted octanol–water partition coefficient (Wildman–Crippen LogP) is 1.40. The summed E-state index contributed by atoms with van der Waals surface area (Å²) in [5.74, 6) is -0.897. The topological polar surface area (TPSA) is 71.9 Å². The summed E-state index contributed by atoms with van der Waals surface area (Å²) >= 11 is 0. The first-order valence-corrected chi connectivity index (χ1v) is 7.00. The van der Waals surface area contributed by atoms with Crippen molar-refractivity contribution in [3.63, 3.8) is 0 Å². The van der Waals surface area contributed by atoms with Crippen LogP contribution in [0, 0.1) is 6.17 Å². The molecule has 9 heteroatoms. The number of nitrogens with one attached hydrogen (secondary N) is 1. The highest BCUT2D eigenvalue weighted by atomic mass is 19.4. The molecule has 0 fully saturated rings. The van der Waals surface area contributed by atoms with Gasteiger partial charge in [-0.2, -0.15) is 13.2 Å².